The highest BCUT2D eigenvalue weighted by Gasteiger charge is 2.17. The Hall–Kier alpha value is -3.80. The Labute approximate surface area is 168 Å². The molecule has 6 nitrogen and oxygen atoms in total. The molecule has 3 aromatic carbocycles. The third-order valence-electron chi connectivity index (χ3n) is 4.70. The van der Waals surface area contributed by atoms with Crippen molar-refractivity contribution in [1.82, 2.24) is 19.9 Å². The van der Waals surface area contributed by atoms with Crippen LogP contribution in [0, 0.1) is 0 Å². The van der Waals surface area contributed by atoms with Crippen LogP contribution in [-0.4, -0.2) is 25.8 Å². The summed E-state index contributed by atoms with van der Waals surface area (Å²) in [6, 6.07) is 26.6. The number of hydrogen-bond donors (Lipinski definition) is 0. The zero-order valence-corrected chi connectivity index (χ0v) is 15.8. The quantitative estimate of drug-likeness (QED) is 0.512. The van der Waals surface area contributed by atoms with Crippen LogP contribution in [0.4, 0.5) is 0 Å². The molecule has 4 aromatic rings. The van der Waals surface area contributed by atoms with Crippen LogP contribution in [0.1, 0.15) is 11.1 Å². The highest BCUT2D eigenvalue weighted by atomic mass is 16.2. The van der Waals surface area contributed by atoms with Gasteiger partial charge in [-0.1, -0.05) is 78.0 Å². The van der Waals surface area contributed by atoms with E-state index in [1.54, 1.807) is 29.2 Å². The first kappa shape index (κ1) is 18.6. The minimum Gasteiger partial charge on any atom is -0.332 e. The standard InChI is InChI=1S/C23H20N4O2/c28-22(17-27-23(29)20-13-7-8-14-21(20)24-25-27)26(15-18-9-3-1-4-10-18)16-19-11-5-2-6-12-19/h1-14H,15-17H2. The fourth-order valence-electron chi connectivity index (χ4n) is 3.19. The van der Waals surface area contributed by atoms with Gasteiger partial charge in [-0.25, -0.2) is 4.68 Å². The summed E-state index contributed by atoms with van der Waals surface area (Å²) in [5.41, 5.74) is 2.25. The highest BCUT2D eigenvalue weighted by molar-refractivity contribution is 5.78. The van der Waals surface area contributed by atoms with E-state index < -0.39 is 0 Å². The molecule has 4 rings (SSSR count). The second kappa shape index (κ2) is 8.48. The van der Waals surface area contributed by atoms with Gasteiger partial charge in [0.15, 0.2) is 0 Å². The molecule has 0 atom stereocenters. The van der Waals surface area contributed by atoms with Gasteiger partial charge < -0.3 is 4.90 Å². The molecule has 29 heavy (non-hydrogen) atoms. The second-order valence-corrected chi connectivity index (χ2v) is 6.79. The first-order valence-corrected chi connectivity index (χ1v) is 9.39. The molecule has 0 bridgehead atoms. The molecule has 1 heterocycles. The molecule has 0 aliphatic rings. The first-order chi connectivity index (χ1) is 14.2. The molecule has 144 valence electrons. The van der Waals surface area contributed by atoms with Gasteiger partial charge in [-0.05, 0) is 23.3 Å². The molecule has 0 spiro atoms. The zero-order valence-electron chi connectivity index (χ0n) is 15.8. The van der Waals surface area contributed by atoms with Crippen molar-refractivity contribution in [2.24, 2.45) is 0 Å². The van der Waals surface area contributed by atoms with Crippen molar-refractivity contribution in [3.8, 4) is 0 Å². The van der Waals surface area contributed by atoms with E-state index in [1.807, 2.05) is 60.7 Å². The molecule has 1 aromatic heterocycles. The van der Waals surface area contributed by atoms with Gasteiger partial charge in [-0.15, -0.1) is 5.10 Å². The normalized spacial score (nSPS) is 10.8. The summed E-state index contributed by atoms with van der Waals surface area (Å²) in [6.45, 7) is 0.741. The lowest BCUT2D eigenvalue weighted by Crippen LogP contribution is -2.37. The Morgan fingerprint density at radius 2 is 1.34 bits per heavy atom. The topological polar surface area (TPSA) is 68.1 Å². The van der Waals surface area contributed by atoms with Gasteiger partial charge in [-0.2, -0.15) is 0 Å². The number of aromatic nitrogens is 3. The van der Waals surface area contributed by atoms with Crippen molar-refractivity contribution < 1.29 is 4.79 Å². The Bertz CT molecular complexity index is 1130. The molecule has 0 saturated heterocycles. The van der Waals surface area contributed by atoms with Gasteiger partial charge in [0.2, 0.25) is 5.91 Å². The monoisotopic (exact) mass is 384 g/mol. The average molecular weight is 384 g/mol. The summed E-state index contributed by atoms with van der Waals surface area (Å²) in [5.74, 6) is -0.190. The number of amides is 1. The molecular weight excluding hydrogens is 364 g/mol. The van der Waals surface area contributed by atoms with Gasteiger partial charge >= 0.3 is 0 Å². The van der Waals surface area contributed by atoms with Crippen LogP contribution in [0.5, 0.6) is 0 Å². The van der Waals surface area contributed by atoms with Crippen LogP contribution in [0.25, 0.3) is 10.9 Å². The van der Waals surface area contributed by atoms with Crippen molar-refractivity contribution in [2.45, 2.75) is 19.6 Å². The maximum atomic E-state index is 13.1. The number of benzene rings is 3. The van der Waals surface area contributed by atoms with E-state index in [0.717, 1.165) is 15.8 Å². The predicted molar refractivity (Wildman–Crippen MR) is 111 cm³/mol. The van der Waals surface area contributed by atoms with Gasteiger partial charge in [0.05, 0.1) is 5.39 Å². The number of carbonyl (C=O) groups excluding carboxylic acids is 1. The van der Waals surface area contributed by atoms with Crippen molar-refractivity contribution in [3.05, 3.63) is 106 Å². The van der Waals surface area contributed by atoms with Crippen LogP contribution < -0.4 is 5.56 Å². The lowest BCUT2D eigenvalue weighted by atomic mass is 10.1. The van der Waals surface area contributed by atoms with E-state index in [2.05, 4.69) is 10.3 Å². The minimum atomic E-state index is -0.316. The molecular formula is C23H20N4O2. The number of nitrogens with zero attached hydrogens (tertiary/aromatic N) is 4. The summed E-state index contributed by atoms with van der Waals surface area (Å²) in [6.07, 6.45) is 0. The Balaban J connectivity index is 1.60. The molecule has 0 aliphatic carbocycles. The van der Waals surface area contributed by atoms with Crippen molar-refractivity contribution >= 4 is 16.8 Å². The second-order valence-electron chi connectivity index (χ2n) is 6.79. The van der Waals surface area contributed by atoms with E-state index >= 15 is 0 Å². The van der Waals surface area contributed by atoms with Gasteiger partial charge in [0, 0.05) is 13.1 Å². The molecule has 1 amide bonds. The lowest BCUT2D eigenvalue weighted by Gasteiger charge is -2.23. The summed E-state index contributed by atoms with van der Waals surface area (Å²) in [5, 5.41) is 8.47. The highest BCUT2D eigenvalue weighted by Crippen LogP contribution is 2.11. The van der Waals surface area contributed by atoms with Crippen LogP contribution in [0.15, 0.2) is 89.7 Å². The third kappa shape index (κ3) is 4.38. The average Bonchev–Trinajstić information content (AvgIpc) is 2.77. The lowest BCUT2D eigenvalue weighted by molar-refractivity contribution is -0.133. The molecule has 0 radical (unpaired) electrons. The van der Waals surface area contributed by atoms with Crippen LogP contribution in [-0.2, 0) is 24.4 Å². The first-order valence-electron chi connectivity index (χ1n) is 9.39. The number of fused-ring (bicyclic) bond motifs is 1. The fourth-order valence-corrected chi connectivity index (χ4v) is 3.19. The molecule has 0 saturated carbocycles. The van der Waals surface area contributed by atoms with E-state index in [-0.39, 0.29) is 18.0 Å². The Morgan fingerprint density at radius 1 is 0.793 bits per heavy atom. The Morgan fingerprint density at radius 3 is 1.97 bits per heavy atom. The van der Waals surface area contributed by atoms with Crippen molar-refractivity contribution in [1.29, 1.82) is 0 Å². The SMILES string of the molecule is O=C(Cn1nnc2ccccc2c1=O)N(Cc1ccccc1)Cc1ccccc1. The predicted octanol–water partition coefficient (Wildman–Crippen LogP) is 3.02. The fraction of sp³-hybridized carbons (Fsp3) is 0.130. The van der Waals surface area contributed by atoms with E-state index in [1.165, 1.54) is 0 Å². The van der Waals surface area contributed by atoms with E-state index in [4.69, 9.17) is 0 Å². The number of carbonyl (C=O) groups is 1. The molecule has 6 heteroatoms. The van der Waals surface area contributed by atoms with Crippen LogP contribution in [0.2, 0.25) is 0 Å². The van der Waals surface area contributed by atoms with Gasteiger partial charge in [0.25, 0.3) is 5.56 Å². The summed E-state index contributed by atoms with van der Waals surface area (Å²) < 4.78 is 1.13. The van der Waals surface area contributed by atoms with E-state index in [0.29, 0.717) is 24.0 Å². The smallest absolute Gasteiger partial charge is 0.278 e. The maximum absolute atomic E-state index is 13.1. The van der Waals surface area contributed by atoms with Gasteiger partial charge in [-0.3, -0.25) is 9.59 Å². The van der Waals surface area contributed by atoms with Crippen LogP contribution in [0.3, 0.4) is 0 Å². The molecule has 0 aliphatic heterocycles. The summed E-state index contributed by atoms with van der Waals surface area (Å²) in [7, 11) is 0. The number of rotatable bonds is 6. The van der Waals surface area contributed by atoms with E-state index in [9.17, 15) is 9.59 Å². The third-order valence-corrected chi connectivity index (χ3v) is 4.70. The summed E-state index contributed by atoms with van der Waals surface area (Å²) in [4.78, 5) is 27.5. The minimum absolute atomic E-state index is 0.156. The van der Waals surface area contributed by atoms with Crippen molar-refractivity contribution in [2.75, 3.05) is 0 Å². The molecule has 0 fully saturated rings. The zero-order chi connectivity index (χ0) is 20.1. The van der Waals surface area contributed by atoms with Crippen LogP contribution >= 0.6 is 0 Å². The largest absolute Gasteiger partial charge is 0.332 e. The number of hydrogen-bond acceptors (Lipinski definition) is 4. The summed E-state index contributed by atoms with van der Waals surface area (Å²) >= 11 is 0. The van der Waals surface area contributed by atoms with Crippen molar-refractivity contribution in [3.63, 3.8) is 0 Å². The molecule has 0 N–H and O–H groups in total. The molecule has 0 unspecified atom stereocenters. The van der Waals surface area contributed by atoms with Gasteiger partial charge in [0.1, 0.15) is 12.1 Å². The Kier molecular flexibility index (Phi) is 5.42. The maximum Gasteiger partial charge on any atom is 0.278 e.